The molecule has 0 spiro atoms. The molecular formula is C21H22F3N3O4S. The second-order valence-electron chi connectivity index (χ2n) is 7.58. The van der Waals surface area contributed by atoms with Gasteiger partial charge in [-0.05, 0) is 42.8 Å². The molecule has 0 unspecified atom stereocenters. The van der Waals surface area contributed by atoms with Gasteiger partial charge in [0.1, 0.15) is 0 Å². The first-order valence-electron chi connectivity index (χ1n) is 10.1. The van der Waals surface area contributed by atoms with Crippen molar-refractivity contribution in [2.45, 2.75) is 12.6 Å². The predicted octanol–water partition coefficient (Wildman–Crippen LogP) is 3.33. The molecule has 0 radical (unpaired) electrons. The van der Waals surface area contributed by atoms with Crippen molar-refractivity contribution in [3.05, 3.63) is 53.6 Å². The quantitative estimate of drug-likeness (QED) is 0.743. The van der Waals surface area contributed by atoms with Crippen molar-refractivity contribution in [1.82, 2.24) is 0 Å². The molecule has 2 saturated heterocycles. The van der Waals surface area contributed by atoms with Gasteiger partial charge in [0, 0.05) is 25.2 Å². The Hall–Kier alpha value is -2.79. The molecule has 0 bridgehead atoms. The highest BCUT2D eigenvalue weighted by Crippen LogP contribution is 2.36. The molecule has 0 saturated carbocycles. The van der Waals surface area contributed by atoms with Gasteiger partial charge in [0.15, 0.2) is 0 Å². The van der Waals surface area contributed by atoms with Crippen LogP contribution in [0, 0.1) is 0 Å². The summed E-state index contributed by atoms with van der Waals surface area (Å²) in [5.74, 6) is -0.589. The molecule has 0 atom stereocenters. The lowest BCUT2D eigenvalue weighted by Gasteiger charge is -2.31. The SMILES string of the molecule is O=C(Nc1cc(C(F)(F)F)ccc1N1CCOCC1)c1cccc(N2CCCS2(=O)=O)c1. The van der Waals surface area contributed by atoms with Gasteiger partial charge < -0.3 is 15.0 Å². The number of benzene rings is 2. The number of carbonyl (C=O) groups excluding carboxylic acids is 1. The summed E-state index contributed by atoms with van der Waals surface area (Å²) in [6.07, 6.45) is -4.07. The normalized spacial score (nSPS) is 18.6. The van der Waals surface area contributed by atoms with E-state index in [9.17, 15) is 26.4 Å². The van der Waals surface area contributed by atoms with E-state index in [-0.39, 0.29) is 17.0 Å². The number of alkyl halides is 3. The molecular weight excluding hydrogens is 447 g/mol. The molecule has 32 heavy (non-hydrogen) atoms. The van der Waals surface area contributed by atoms with Crippen LogP contribution in [0.15, 0.2) is 42.5 Å². The average Bonchev–Trinajstić information content (AvgIpc) is 3.12. The van der Waals surface area contributed by atoms with E-state index in [1.165, 1.54) is 22.5 Å². The maximum absolute atomic E-state index is 13.3. The van der Waals surface area contributed by atoms with Gasteiger partial charge >= 0.3 is 6.18 Å². The number of amides is 1. The first kappa shape index (κ1) is 22.4. The van der Waals surface area contributed by atoms with Crippen LogP contribution in [0.1, 0.15) is 22.3 Å². The molecule has 0 aliphatic carbocycles. The highest BCUT2D eigenvalue weighted by atomic mass is 32.2. The van der Waals surface area contributed by atoms with Gasteiger partial charge in [-0.2, -0.15) is 13.2 Å². The molecule has 2 aliphatic rings. The minimum Gasteiger partial charge on any atom is -0.378 e. The monoisotopic (exact) mass is 469 g/mol. The third-order valence-electron chi connectivity index (χ3n) is 5.42. The molecule has 2 heterocycles. The fourth-order valence-electron chi connectivity index (χ4n) is 3.82. The summed E-state index contributed by atoms with van der Waals surface area (Å²) in [5.41, 5.74) is 0.128. The summed E-state index contributed by atoms with van der Waals surface area (Å²) in [4.78, 5) is 14.8. The van der Waals surface area contributed by atoms with Gasteiger partial charge in [0.05, 0.1) is 41.6 Å². The number of morpholine rings is 1. The Kier molecular flexibility index (Phi) is 6.04. The van der Waals surface area contributed by atoms with Crippen molar-refractivity contribution in [3.63, 3.8) is 0 Å². The Morgan fingerprint density at radius 1 is 1.03 bits per heavy atom. The number of halogens is 3. The Bertz CT molecular complexity index is 1120. The average molecular weight is 469 g/mol. The zero-order valence-electron chi connectivity index (χ0n) is 17.1. The Morgan fingerprint density at radius 2 is 1.78 bits per heavy atom. The van der Waals surface area contributed by atoms with E-state index in [1.54, 1.807) is 12.1 Å². The first-order chi connectivity index (χ1) is 15.1. The number of nitrogens with one attached hydrogen (secondary N) is 1. The van der Waals surface area contributed by atoms with Crippen molar-refractivity contribution in [2.75, 3.05) is 53.1 Å². The van der Waals surface area contributed by atoms with Crippen molar-refractivity contribution in [3.8, 4) is 0 Å². The zero-order valence-corrected chi connectivity index (χ0v) is 17.9. The number of ether oxygens (including phenoxy) is 1. The molecule has 2 fully saturated rings. The lowest BCUT2D eigenvalue weighted by Crippen LogP contribution is -2.36. The van der Waals surface area contributed by atoms with Gasteiger partial charge in [0.25, 0.3) is 5.91 Å². The Balaban J connectivity index is 1.64. The van der Waals surface area contributed by atoms with E-state index in [0.717, 1.165) is 12.1 Å². The van der Waals surface area contributed by atoms with Crippen LogP contribution in [0.2, 0.25) is 0 Å². The van der Waals surface area contributed by atoms with Gasteiger partial charge in [-0.3, -0.25) is 9.10 Å². The molecule has 1 N–H and O–H groups in total. The summed E-state index contributed by atoms with van der Waals surface area (Å²) in [5, 5.41) is 2.59. The first-order valence-corrected chi connectivity index (χ1v) is 11.7. The van der Waals surface area contributed by atoms with Crippen LogP contribution in [0.25, 0.3) is 0 Å². The van der Waals surface area contributed by atoms with Crippen LogP contribution < -0.4 is 14.5 Å². The maximum atomic E-state index is 13.3. The highest BCUT2D eigenvalue weighted by Gasteiger charge is 2.32. The summed E-state index contributed by atoms with van der Waals surface area (Å²) in [7, 11) is -3.43. The molecule has 1 amide bonds. The smallest absolute Gasteiger partial charge is 0.378 e. The van der Waals surface area contributed by atoms with Crippen LogP contribution in [0.5, 0.6) is 0 Å². The van der Waals surface area contributed by atoms with Gasteiger partial charge in [-0.25, -0.2) is 8.42 Å². The molecule has 2 aromatic carbocycles. The van der Waals surface area contributed by atoms with E-state index in [4.69, 9.17) is 4.74 Å². The van der Waals surface area contributed by atoms with Crippen molar-refractivity contribution >= 4 is 33.0 Å². The van der Waals surface area contributed by atoms with Crippen LogP contribution in [0.4, 0.5) is 30.2 Å². The molecule has 4 rings (SSSR count). The number of nitrogens with zero attached hydrogens (tertiary/aromatic N) is 2. The fraction of sp³-hybridized carbons (Fsp3) is 0.381. The van der Waals surface area contributed by atoms with Crippen LogP contribution in [-0.4, -0.2) is 52.9 Å². The number of hydrogen-bond acceptors (Lipinski definition) is 5. The Labute approximate surface area is 183 Å². The lowest BCUT2D eigenvalue weighted by molar-refractivity contribution is -0.137. The highest BCUT2D eigenvalue weighted by molar-refractivity contribution is 7.93. The minimum absolute atomic E-state index is 0.0333. The van der Waals surface area contributed by atoms with Crippen LogP contribution in [-0.2, 0) is 20.9 Å². The van der Waals surface area contributed by atoms with Crippen molar-refractivity contribution in [2.24, 2.45) is 0 Å². The van der Waals surface area contributed by atoms with Crippen molar-refractivity contribution < 1.29 is 31.1 Å². The van der Waals surface area contributed by atoms with Crippen LogP contribution in [0.3, 0.4) is 0 Å². The minimum atomic E-state index is -4.56. The topological polar surface area (TPSA) is 79.0 Å². The summed E-state index contributed by atoms with van der Waals surface area (Å²) < 4.78 is 70.8. The van der Waals surface area contributed by atoms with E-state index < -0.39 is 27.7 Å². The third kappa shape index (κ3) is 4.68. The van der Waals surface area contributed by atoms with Gasteiger partial charge in [-0.1, -0.05) is 6.07 Å². The lowest BCUT2D eigenvalue weighted by atomic mass is 10.1. The number of sulfonamides is 1. The molecule has 172 valence electrons. The summed E-state index contributed by atoms with van der Waals surface area (Å²) in [6, 6.07) is 9.30. The summed E-state index contributed by atoms with van der Waals surface area (Å²) >= 11 is 0. The second-order valence-corrected chi connectivity index (χ2v) is 9.59. The number of rotatable bonds is 4. The third-order valence-corrected chi connectivity index (χ3v) is 7.29. The van der Waals surface area contributed by atoms with Crippen molar-refractivity contribution in [1.29, 1.82) is 0 Å². The molecule has 2 aromatic rings. The maximum Gasteiger partial charge on any atom is 0.416 e. The van der Waals surface area contributed by atoms with E-state index in [1.807, 2.05) is 4.90 Å². The van der Waals surface area contributed by atoms with E-state index in [2.05, 4.69) is 5.32 Å². The number of anilines is 3. The van der Waals surface area contributed by atoms with Crippen LogP contribution >= 0.6 is 0 Å². The largest absolute Gasteiger partial charge is 0.416 e. The zero-order chi connectivity index (χ0) is 22.9. The second kappa shape index (κ2) is 8.62. The molecule has 7 nitrogen and oxygen atoms in total. The number of carbonyl (C=O) groups is 1. The Morgan fingerprint density at radius 3 is 2.44 bits per heavy atom. The molecule has 11 heteroatoms. The van der Waals surface area contributed by atoms with E-state index >= 15 is 0 Å². The molecule has 0 aromatic heterocycles. The van der Waals surface area contributed by atoms with Gasteiger partial charge in [0.2, 0.25) is 10.0 Å². The molecule has 2 aliphatic heterocycles. The summed E-state index contributed by atoms with van der Waals surface area (Å²) in [6.45, 7) is 2.15. The predicted molar refractivity (Wildman–Crippen MR) is 115 cm³/mol. The fourth-order valence-corrected chi connectivity index (χ4v) is 5.38. The van der Waals surface area contributed by atoms with Gasteiger partial charge in [-0.15, -0.1) is 0 Å². The van der Waals surface area contributed by atoms with E-state index in [0.29, 0.717) is 50.6 Å². The number of hydrogen-bond donors (Lipinski definition) is 1. The standard InChI is InChI=1S/C21H22F3N3O4S/c22-21(23,24)16-5-6-19(26-8-10-31-11-9-26)18(14-16)25-20(28)15-3-1-4-17(13-15)27-7-2-12-32(27,29)30/h1,3-6,13-14H,2,7-12H2,(H,25,28).